The summed E-state index contributed by atoms with van der Waals surface area (Å²) in [6.45, 7) is 3.16. The van der Waals surface area contributed by atoms with E-state index in [0.29, 0.717) is 18.2 Å². The summed E-state index contributed by atoms with van der Waals surface area (Å²) in [4.78, 5) is 12.0. The maximum atomic E-state index is 12.0. The minimum absolute atomic E-state index is 0.0757. The number of aromatic hydroxyl groups is 1. The van der Waals surface area contributed by atoms with Crippen molar-refractivity contribution in [3.05, 3.63) is 29.3 Å². The van der Waals surface area contributed by atoms with E-state index >= 15 is 0 Å². The highest BCUT2D eigenvalue weighted by Crippen LogP contribution is 2.21. The first-order valence-electron chi connectivity index (χ1n) is 7.98. The number of nitrogens with one attached hydrogen (secondary N) is 2. The fourth-order valence-corrected chi connectivity index (χ4v) is 2.87. The molecular formula is C17H26N2O2. The summed E-state index contributed by atoms with van der Waals surface area (Å²) in [5.41, 5.74) is 1.07. The van der Waals surface area contributed by atoms with Gasteiger partial charge in [-0.15, -0.1) is 0 Å². The molecular weight excluding hydrogens is 264 g/mol. The van der Waals surface area contributed by atoms with Gasteiger partial charge in [-0.25, -0.2) is 0 Å². The second-order valence-corrected chi connectivity index (χ2v) is 5.87. The second kappa shape index (κ2) is 8.03. The van der Waals surface area contributed by atoms with Gasteiger partial charge >= 0.3 is 0 Å². The quantitative estimate of drug-likeness (QED) is 0.577. The Labute approximate surface area is 126 Å². The molecule has 1 aliphatic rings. The molecule has 2 rings (SSSR count). The first kappa shape index (κ1) is 15.8. The van der Waals surface area contributed by atoms with Gasteiger partial charge in [0.1, 0.15) is 5.75 Å². The van der Waals surface area contributed by atoms with Crippen molar-refractivity contribution in [1.29, 1.82) is 0 Å². The van der Waals surface area contributed by atoms with Gasteiger partial charge in [-0.1, -0.05) is 37.8 Å². The molecule has 0 saturated heterocycles. The first-order valence-corrected chi connectivity index (χ1v) is 7.98. The minimum Gasteiger partial charge on any atom is -0.507 e. The van der Waals surface area contributed by atoms with E-state index in [1.807, 2.05) is 0 Å². The van der Waals surface area contributed by atoms with Crippen LogP contribution in [0.5, 0.6) is 5.75 Å². The minimum atomic E-state index is -0.209. The molecule has 0 bridgehead atoms. The van der Waals surface area contributed by atoms with Crippen LogP contribution in [-0.4, -0.2) is 30.1 Å². The topological polar surface area (TPSA) is 61.4 Å². The van der Waals surface area contributed by atoms with Crippen LogP contribution in [-0.2, 0) is 0 Å². The molecule has 0 unspecified atom stereocenters. The van der Waals surface area contributed by atoms with E-state index in [1.54, 1.807) is 25.1 Å². The molecule has 0 aliphatic heterocycles. The van der Waals surface area contributed by atoms with Crippen molar-refractivity contribution in [2.75, 3.05) is 13.1 Å². The van der Waals surface area contributed by atoms with Crippen LogP contribution in [0.3, 0.4) is 0 Å². The summed E-state index contributed by atoms with van der Waals surface area (Å²) in [6, 6.07) is 5.82. The zero-order valence-electron chi connectivity index (χ0n) is 12.8. The maximum absolute atomic E-state index is 12.0. The van der Waals surface area contributed by atoms with E-state index in [1.165, 1.54) is 38.5 Å². The molecule has 0 radical (unpaired) electrons. The third kappa shape index (κ3) is 4.74. The molecule has 1 aliphatic carbocycles. The largest absolute Gasteiger partial charge is 0.507 e. The van der Waals surface area contributed by atoms with Crippen molar-refractivity contribution in [1.82, 2.24) is 10.6 Å². The van der Waals surface area contributed by atoms with Crippen molar-refractivity contribution in [3.63, 3.8) is 0 Å². The normalized spacial score (nSPS) is 16.4. The first-order chi connectivity index (χ1) is 10.2. The standard InChI is InChI=1S/C17H26N2O2/c1-13-7-6-10-15(16(13)20)17(21)19-12-11-18-14-8-4-2-3-5-9-14/h6-7,10,14,18,20H,2-5,8-9,11-12H2,1H3,(H,19,21). The number of amides is 1. The van der Waals surface area contributed by atoms with E-state index in [-0.39, 0.29) is 11.7 Å². The third-order valence-electron chi connectivity index (χ3n) is 4.18. The number of phenols is 1. The van der Waals surface area contributed by atoms with Crippen molar-refractivity contribution >= 4 is 5.91 Å². The molecule has 0 atom stereocenters. The second-order valence-electron chi connectivity index (χ2n) is 5.87. The van der Waals surface area contributed by atoms with Gasteiger partial charge in [0.15, 0.2) is 0 Å². The van der Waals surface area contributed by atoms with Crippen molar-refractivity contribution < 1.29 is 9.90 Å². The van der Waals surface area contributed by atoms with E-state index in [4.69, 9.17) is 0 Å². The van der Waals surface area contributed by atoms with Crippen LogP contribution in [0.15, 0.2) is 18.2 Å². The van der Waals surface area contributed by atoms with Crippen molar-refractivity contribution in [2.45, 2.75) is 51.5 Å². The van der Waals surface area contributed by atoms with Crippen LogP contribution in [0.4, 0.5) is 0 Å². The summed E-state index contributed by atoms with van der Waals surface area (Å²) in [5.74, 6) is -0.134. The Morgan fingerprint density at radius 2 is 1.90 bits per heavy atom. The highest BCUT2D eigenvalue weighted by Gasteiger charge is 2.13. The van der Waals surface area contributed by atoms with Gasteiger partial charge in [0, 0.05) is 19.1 Å². The van der Waals surface area contributed by atoms with Crippen LogP contribution in [0.25, 0.3) is 0 Å². The lowest BCUT2D eigenvalue weighted by atomic mass is 10.1. The van der Waals surface area contributed by atoms with Gasteiger partial charge in [-0.05, 0) is 31.4 Å². The molecule has 1 saturated carbocycles. The highest BCUT2D eigenvalue weighted by atomic mass is 16.3. The summed E-state index contributed by atoms with van der Waals surface area (Å²) in [7, 11) is 0. The average molecular weight is 290 g/mol. The van der Waals surface area contributed by atoms with Crippen molar-refractivity contribution in [3.8, 4) is 5.75 Å². The SMILES string of the molecule is Cc1cccc(C(=O)NCCNC2CCCCCC2)c1O. The number of aryl methyl sites for hydroxylation is 1. The zero-order chi connectivity index (χ0) is 15.1. The van der Waals surface area contributed by atoms with Crippen LogP contribution >= 0.6 is 0 Å². The lowest BCUT2D eigenvalue weighted by molar-refractivity contribution is 0.0950. The van der Waals surface area contributed by atoms with Gasteiger partial charge < -0.3 is 15.7 Å². The number of rotatable bonds is 5. The molecule has 0 spiro atoms. The molecule has 3 N–H and O–H groups in total. The average Bonchev–Trinajstić information content (AvgIpc) is 2.75. The number of hydrogen-bond acceptors (Lipinski definition) is 3. The Balaban J connectivity index is 1.73. The van der Waals surface area contributed by atoms with Crippen LogP contribution in [0.2, 0.25) is 0 Å². The third-order valence-corrected chi connectivity index (χ3v) is 4.18. The van der Waals surface area contributed by atoms with Crippen molar-refractivity contribution in [2.24, 2.45) is 0 Å². The Kier molecular flexibility index (Phi) is 6.05. The van der Waals surface area contributed by atoms with Gasteiger partial charge in [-0.2, -0.15) is 0 Å². The molecule has 1 amide bonds. The summed E-state index contributed by atoms with van der Waals surface area (Å²) < 4.78 is 0. The molecule has 1 aromatic carbocycles. The maximum Gasteiger partial charge on any atom is 0.255 e. The Morgan fingerprint density at radius 1 is 1.19 bits per heavy atom. The Hall–Kier alpha value is -1.55. The number of hydrogen-bond donors (Lipinski definition) is 3. The van der Waals surface area contributed by atoms with E-state index in [2.05, 4.69) is 10.6 Å². The monoisotopic (exact) mass is 290 g/mol. The smallest absolute Gasteiger partial charge is 0.255 e. The van der Waals surface area contributed by atoms with E-state index in [9.17, 15) is 9.90 Å². The molecule has 0 aromatic heterocycles. The Morgan fingerprint density at radius 3 is 2.62 bits per heavy atom. The predicted octanol–water partition coefficient (Wildman–Crippen LogP) is 2.74. The van der Waals surface area contributed by atoms with Crippen LogP contribution in [0.1, 0.15) is 54.4 Å². The lowest BCUT2D eigenvalue weighted by Gasteiger charge is -2.16. The fraction of sp³-hybridized carbons (Fsp3) is 0.588. The van der Waals surface area contributed by atoms with Gasteiger partial charge in [0.2, 0.25) is 0 Å². The summed E-state index contributed by atoms with van der Waals surface area (Å²) in [6.07, 6.45) is 7.80. The zero-order valence-corrected chi connectivity index (χ0v) is 12.8. The molecule has 116 valence electrons. The number of carbonyl (C=O) groups is 1. The van der Waals surface area contributed by atoms with E-state index < -0.39 is 0 Å². The number of phenolic OH excluding ortho intramolecular Hbond substituents is 1. The highest BCUT2D eigenvalue weighted by molar-refractivity contribution is 5.97. The molecule has 0 heterocycles. The van der Waals surface area contributed by atoms with E-state index in [0.717, 1.165) is 12.1 Å². The summed E-state index contributed by atoms with van der Waals surface area (Å²) in [5, 5.41) is 16.3. The van der Waals surface area contributed by atoms with Gasteiger partial charge in [0.25, 0.3) is 5.91 Å². The Bertz CT molecular complexity index is 466. The fourth-order valence-electron chi connectivity index (χ4n) is 2.87. The lowest BCUT2D eigenvalue weighted by Crippen LogP contribution is -2.36. The predicted molar refractivity (Wildman–Crippen MR) is 84.7 cm³/mol. The number of carbonyl (C=O) groups excluding carboxylic acids is 1. The molecule has 21 heavy (non-hydrogen) atoms. The van der Waals surface area contributed by atoms with Crippen LogP contribution < -0.4 is 10.6 Å². The number of benzene rings is 1. The van der Waals surface area contributed by atoms with Crippen LogP contribution in [0, 0.1) is 6.92 Å². The van der Waals surface area contributed by atoms with Gasteiger partial charge in [-0.3, -0.25) is 4.79 Å². The van der Waals surface area contributed by atoms with Gasteiger partial charge in [0.05, 0.1) is 5.56 Å². The number of para-hydroxylation sites is 1. The molecule has 1 fully saturated rings. The summed E-state index contributed by atoms with van der Waals surface area (Å²) >= 11 is 0. The molecule has 1 aromatic rings. The molecule has 4 heteroatoms. The molecule has 4 nitrogen and oxygen atoms in total.